The first-order valence-electron chi connectivity index (χ1n) is 5.09. The van der Waals surface area contributed by atoms with Crippen molar-refractivity contribution in [1.82, 2.24) is 14.6 Å². The number of piperazine rings is 1. The van der Waals surface area contributed by atoms with Gasteiger partial charge in [-0.25, -0.2) is 13.4 Å². The summed E-state index contributed by atoms with van der Waals surface area (Å²) in [4.78, 5) is 14.8. The maximum absolute atomic E-state index is 12.2. The number of carbonyl (C=O) groups excluding carboxylic acids is 1. The van der Waals surface area contributed by atoms with Crippen LogP contribution in [0.5, 0.6) is 0 Å². The molecule has 0 aromatic carbocycles. The van der Waals surface area contributed by atoms with Gasteiger partial charge in [0, 0.05) is 19.3 Å². The zero-order chi connectivity index (χ0) is 13.3. The van der Waals surface area contributed by atoms with E-state index in [1.165, 1.54) is 6.07 Å². The largest absolute Gasteiger partial charge is 0.382 e. The van der Waals surface area contributed by atoms with E-state index in [0.717, 1.165) is 10.5 Å². The average molecular weight is 291 g/mol. The molecule has 0 unspecified atom stereocenters. The number of amides is 1. The number of sulfonamides is 1. The first kappa shape index (κ1) is 13.1. The fraction of sp³-hybridized carbons (Fsp3) is 0.333. The highest BCUT2D eigenvalue weighted by molar-refractivity contribution is 7.89. The molecule has 98 valence electrons. The first-order chi connectivity index (χ1) is 8.41. The van der Waals surface area contributed by atoms with Crippen LogP contribution >= 0.6 is 11.6 Å². The molecule has 7 nitrogen and oxygen atoms in total. The third kappa shape index (κ3) is 2.40. The number of nitrogen functional groups attached to an aromatic ring is 1. The highest BCUT2D eigenvalue weighted by Gasteiger charge is 2.29. The number of nitrogens with two attached hydrogens (primary N) is 1. The minimum atomic E-state index is -3.76. The Kier molecular flexibility index (Phi) is 3.42. The molecule has 1 fully saturated rings. The van der Waals surface area contributed by atoms with E-state index in [-0.39, 0.29) is 41.3 Å². The number of anilines is 1. The van der Waals surface area contributed by atoms with Gasteiger partial charge in [0.05, 0.1) is 11.6 Å². The van der Waals surface area contributed by atoms with Crippen LogP contribution in [0.4, 0.5) is 5.82 Å². The molecule has 2 rings (SSSR count). The second-order valence-corrected chi connectivity index (χ2v) is 6.07. The van der Waals surface area contributed by atoms with Gasteiger partial charge >= 0.3 is 0 Å². The number of hydrogen-bond donors (Lipinski definition) is 2. The lowest BCUT2D eigenvalue weighted by Gasteiger charge is -2.25. The number of aromatic nitrogens is 1. The molecule has 1 saturated heterocycles. The van der Waals surface area contributed by atoms with Gasteiger partial charge in [-0.05, 0) is 6.07 Å². The lowest BCUT2D eigenvalue weighted by Crippen LogP contribution is -2.49. The monoisotopic (exact) mass is 290 g/mol. The second kappa shape index (κ2) is 4.71. The van der Waals surface area contributed by atoms with Crippen LogP contribution in [-0.2, 0) is 14.8 Å². The Morgan fingerprint density at radius 3 is 2.83 bits per heavy atom. The van der Waals surface area contributed by atoms with E-state index in [0.29, 0.717) is 0 Å². The molecule has 1 aliphatic heterocycles. The van der Waals surface area contributed by atoms with Gasteiger partial charge in [-0.1, -0.05) is 11.6 Å². The van der Waals surface area contributed by atoms with Gasteiger partial charge in [-0.15, -0.1) is 0 Å². The van der Waals surface area contributed by atoms with Crippen LogP contribution in [0.1, 0.15) is 0 Å². The molecule has 1 amide bonds. The van der Waals surface area contributed by atoms with Crippen molar-refractivity contribution in [2.24, 2.45) is 0 Å². The van der Waals surface area contributed by atoms with Gasteiger partial charge in [-0.3, -0.25) is 4.79 Å². The van der Waals surface area contributed by atoms with Crippen LogP contribution in [0.25, 0.3) is 0 Å². The van der Waals surface area contributed by atoms with E-state index in [1.807, 2.05) is 0 Å². The van der Waals surface area contributed by atoms with Crippen molar-refractivity contribution >= 4 is 33.3 Å². The van der Waals surface area contributed by atoms with Crippen molar-refractivity contribution < 1.29 is 13.2 Å². The highest BCUT2D eigenvalue weighted by atomic mass is 35.5. The number of nitrogens with zero attached hydrogens (tertiary/aromatic N) is 2. The topological polar surface area (TPSA) is 105 Å². The summed E-state index contributed by atoms with van der Waals surface area (Å²) in [6.45, 7) is 0.300. The fourth-order valence-electron chi connectivity index (χ4n) is 1.54. The van der Waals surface area contributed by atoms with Crippen LogP contribution < -0.4 is 11.1 Å². The smallest absolute Gasteiger partial charge is 0.245 e. The van der Waals surface area contributed by atoms with Crippen LogP contribution in [0.15, 0.2) is 17.2 Å². The molecule has 3 N–H and O–H groups in total. The van der Waals surface area contributed by atoms with Crippen molar-refractivity contribution in [1.29, 1.82) is 0 Å². The molecule has 18 heavy (non-hydrogen) atoms. The quantitative estimate of drug-likeness (QED) is 0.759. The fourth-order valence-corrected chi connectivity index (χ4v) is 3.14. The number of rotatable bonds is 2. The summed E-state index contributed by atoms with van der Waals surface area (Å²) in [5.74, 6) is -0.272. The summed E-state index contributed by atoms with van der Waals surface area (Å²) in [6.07, 6.45) is 1.13. The van der Waals surface area contributed by atoms with Gasteiger partial charge in [0.25, 0.3) is 0 Å². The Morgan fingerprint density at radius 2 is 2.22 bits per heavy atom. The van der Waals surface area contributed by atoms with E-state index in [9.17, 15) is 13.2 Å². The molecule has 1 aliphatic rings. The normalized spacial score (nSPS) is 17.5. The highest BCUT2D eigenvalue weighted by Crippen LogP contribution is 2.22. The minimum absolute atomic E-state index is 0.0620. The Bertz CT molecular complexity index is 589. The van der Waals surface area contributed by atoms with E-state index in [4.69, 9.17) is 17.3 Å². The number of carbonyl (C=O) groups is 1. The maximum atomic E-state index is 12.2. The number of pyridine rings is 1. The zero-order valence-corrected chi connectivity index (χ0v) is 10.8. The first-order valence-corrected chi connectivity index (χ1v) is 6.91. The molecule has 2 heterocycles. The summed E-state index contributed by atoms with van der Waals surface area (Å²) in [5, 5.41) is 2.62. The van der Waals surface area contributed by atoms with Crippen molar-refractivity contribution in [3.8, 4) is 0 Å². The van der Waals surface area contributed by atoms with Crippen molar-refractivity contribution in [3.05, 3.63) is 17.3 Å². The Balaban J connectivity index is 2.35. The maximum Gasteiger partial charge on any atom is 0.245 e. The SMILES string of the molecule is Nc1ncc(S(=O)(=O)N2CCNC(=O)C2)cc1Cl. The minimum Gasteiger partial charge on any atom is -0.382 e. The van der Waals surface area contributed by atoms with E-state index < -0.39 is 10.0 Å². The molecule has 0 spiro atoms. The van der Waals surface area contributed by atoms with Gasteiger partial charge < -0.3 is 11.1 Å². The summed E-state index contributed by atoms with van der Waals surface area (Å²) < 4.78 is 25.5. The molecule has 0 radical (unpaired) electrons. The van der Waals surface area contributed by atoms with E-state index in [2.05, 4.69) is 10.3 Å². The van der Waals surface area contributed by atoms with Gasteiger partial charge in [0.2, 0.25) is 15.9 Å². The number of halogens is 1. The predicted molar refractivity (Wildman–Crippen MR) is 65.4 cm³/mol. The van der Waals surface area contributed by atoms with Crippen LogP contribution in [0.2, 0.25) is 5.02 Å². The van der Waals surface area contributed by atoms with Crippen molar-refractivity contribution in [2.75, 3.05) is 25.4 Å². The van der Waals surface area contributed by atoms with Crippen LogP contribution in [-0.4, -0.2) is 43.2 Å². The third-order valence-electron chi connectivity index (χ3n) is 2.49. The molecule has 0 aliphatic carbocycles. The average Bonchev–Trinajstić information content (AvgIpc) is 2.32. The molecule has 1 aromatic heterocycles. The van der Waals surface area contributed by atoms with Gasteiger partial charge in [0.15, 0.2) is 0 Å². The number of hydrogen-bond acceptors (Lipinski definition) is 5. The second-order valence-electron chi connectivity index (χ2n) is 3.73. The number of nitrogens with one attached hydrogen (secondary N) is 1. The molecular weight excluding hydrogens is 280 g/mol. The molecule has 1 aromatic rings. The van der Waals surface area contributed by atoms with Crippen molar-refractivity contribution in [2.45, 2.75) is 4.90 Å². The predicted octanol–water partition coefficient (Wildman–Crippen LogP) is -0.562. The standard InChI is InChI=1S/C9H11ClN4O3S/c10-7-3-6(4-13-9(7)11)18(16,17)14-2-1-12-8(15)5-14/h3-4H,1-2,5H2,(H2,11,13)(H,12,15). The molecule has 0 bridgehead atoms. The third-order valence-corrected chi connectivity index (χ3v) is 4.60. The molecule has 0 atom stereocenters. The lowest BCUT2D eigenvalue weighted by atomic mass is 10.4. The van der Waals surface area contributed by atoms with Gasteiger partial charge in [0.1, 0.15) is 10.7 Å². The van der Waals surface area contributed by atoms with Crippen LogP contribution in [0, 0.1) is 0 Å². The summed E-state index contributed by atoms with van der Waals surface area (Å²) in [7, 11) is -3.76. The molecular formula is C9H11ClN4O3S. The zero-order valence-electron chi connectivity index (χ0n) is 9.26. The summed E-state index contributed by atoms with van der Waals surface area (Å²) in [5.41, 5.74) is 5.42. The Morgan fingerprint density at radius 1 is 1.50 bits per heavy atom. The molecule has 0 saturated carbocycles. The van der Waals surface area contributed by atoms with Gasteiger partial charge in [-0.2, -0.15) is 4.31 Å². The summed E-state index contributed by atoms with van der Waals surface area (Å²) >= 11 is 5.74. The van der Waals surface area contributed by atoms with E-state index >= 15 is 0 Å². The molecule has 9 heteroatoms. The summed E-state index contributed by atoms with van der Waals surface area (Å²) in [6, 6.07) is 1.23. The Labute approximate surface area is 109 Å². The lowest BCUT2D eigenvalue weighted by molar-refractivity contribution is -0.122. The van der Waals surface area contributed by atoms with E-state index in [1.54, 1.807) is 0 Å². The van der Waals surface area contributed by atoms with Crippen molar-refractivity contribution in [3.63, 3.8) is 0 Å². The Hall–Kier alpha value is -1.38. The van der Waals surface area contributed by atoms with Crippen LogP contribution in [0.3, 0.4) is 0 Å².